The van der Waals surface area contributed by atoms with Crippen LogP contribution in [0.25, 0.3) is 0 Å². The molecule has 1 aromatic heterocycles. The molecule has 1 heterocycles. The van der Waals surface area contributed by atoms with Gasteiger partial charge in [-0.05, 0) is 12.8 Å². The van der Waals surface area contributed by atoms with Gasteiger partial charge in [-0.15, -0.1) is 11.3 Å². The summed E-state index contributed by atoms with van der Waals surface area (Å²) >= 11 is 1.47. The van der Waals surface area contributed by atoms with E-state index in [-0.39, 0.29) is 18.2 Å². The first-order valence-electron chi connectivity index (χ1n) is 5.33. The highest BCUT2D eigenvalue weighted by atomic mass is 32.1. The molecule has 1 aromatic rings. The normalized spacial score (nSPS) is 12.5. The maximum Gasteiger partial charge on any atom is 0.326 e. The fourth-order valence-corrected chi connectivity index (χ4v) is 2.00. The Morgan fingerprint density at radius 2 is 2.18 bits per heavy atom. The zero-order chi connectivity index (χ0) is 13.0. The SMILES string of the molecule is Cc1nc(CC(=O)NC(C(=O)O)C(C)C)cs1. The molecular weight excluding hydrogens is 240 g/mol. The molecule has 0 saturated carbocycles. The summed E-state index contributed by atoms with van der Waals surface area (Å²) in [5.74, 6) is -1.46. The van der Waals surface area contributed by atoms with E-state index < -0.39 is 12.0 Å². The predicted molar refractivity (Wildman–Crippen MR) is 65.0 cm³/mol. The van der Waals surface area contributed by atoms with Crippen LogP contribution in [0.15, 0.2) is 5.38 Å². The molecule has 0 radical (unpaired) electrons. The van der Waals surface area contributed by atoms with Gasteiger partial charge in [-0.3, -0.25) is 4.79 Å². The molecule has 1 atom stereocenters. The number of nitrogens with zero attached hydrogens (tertiary/aromatic N) is 1. The molecule has 0 fully saturated rings. The zero-order valence-electron chi connectivity index (χ0n) is 10.1. The summed E-state index contributed by atoms with van der Waals surface area (Å²) in [6.07, 6.45) is 0.126. The number of aliphatic carboxylic acids is 1. The lowest BCUT2D eigenvalue weighted by atomic mass is 10.0. The van der Waals surface area contributed by atoms with Crippen LogP contribution in [0.5, 0.6) is 0 Å². The first-order chi connectivity index (χ1) is 7.90. The van der Waals surface area contributed by atoms with Crippen LogP contribution in [-0.2, 0) is 16.0 Å². The van der Waals surface area contributed by atoms with Gasteiger partial charge in [0.2, 0.25) is 5.91 Å². The average Bonchev–Trinajstić information content (AvgIpc) is 2.59. The number of carbonyl (C=O) groups is 2. The van der Waals surface area contributed by atoms with Gasteiger partial charge in [-0.2, -0.15) is 0 Å². The van der Waals surface area contributed by atoms with E-state index in [1.165, 1.54) is 11.3 Å². The highest BCUT2D eigenvalue weighted by Crippen LogP contribution is 2.09. The van der Waals surface area contributed by atoms with Crippen LogP contribution in [0.4, 0.5) is 0 Å². The molecule has 0 aromatic carbocycles. The molecule has 0 aliphatic heterocycles. The molecule has 0 spiro atoms. The smallest absolute Gasteiger partial charge is 0.326 e. The van der Waals surface area contributed by atoms with Crippen molar-refractivity contribution in [2.75, 3.05) is 0 Å². The summed E-state index contributed by atoms with van der Waals surface area (Å²) in [5, 5.41) is 14.1. The molecule has 6 heteroatoms. The minimum absolute atomic E-state index is 0.126. The van der Waals surface area contributed by atoms with Gasteiger partial charge < -0.3 is 10.4 Å². The number of hydrogen-bond donors (Lipinski definition) is 2. The zero-order valence-corrected chi connectivity index (χ0v) is 10.9. The average molecular weight is 256 g/mol. The molecular formula is C11H16N2O3S. The summed E-state index contributed by atoms with van der Waals surface area (Å²) in [4.78, 5) is 26.7. The Morgan fingerprint density at radius 1 is 1.53 bits per heavy atom. The number of carbonyl (C=O) groups excluding carboxylic acids is 1. The Bertz CT molecular complexity index is 415. The van der Waals surface area contributed by atoms with Gasteiger partial charge in [0.25, 0.3) is 0 Å². The second kappa shape index (κ2) is 5.77. The van der Waals surface area contributed by atoms with Gasteiger partial charge in [0.05, 0.1) is 17.1 Å². The largest absolute Gasteiger partial charge is 0.480 e. The van der Waals surface area contributed by atoms with Gasteiger partial charge >= 0.3 is 5.97 Å². The Balaban J connectivity index is 2.56. The lowest BCUT2D eigenvalue weighted by Crippen LogP contribution is -2.44. The Kier molecular flexibility index (Phi) is 4.62. The third kappa shape index (κ3) is 4.14. The fraction of sp³-hybridized carbons (Fsp3) is 0.545. The van der Waals surface area contributed by atoms with E-state index in [1.807, 2.05) is 6.92 Å². The van der Waals surface area contributed by atoms with Crippen LogP contribution in [0, 0.1) is 12.8 Å². The van der Waals surface area contributed by atoms with Crippen molar-refractivity contribution in [1.82, 2.24) is 10.3 Å². The monoisotopic (exact) mass is 256 g/mol. The van der Waals surface area contributed by atoms with Crippen molar-refractivity contribution in [2.45, 2.75) is 33.2 Å². The first kappa shape index (κ1) is 13.6. The summed E-state index contributed by atoms with van der Waals surface area (Å²) in [6.45, 7) is 5.37. The van der Waals surface area contributed by atoms with Crippen molar-refractivity contribution in [3.8, 4) is 0 Å². The number of aromatic nitrogens is 1. The van der Waals surface area contributed by atoms with Crippen LogP contribution in [-0.4, -0.2) is 28.0 Å². The van der Waals surface area contributed by atoms with Gasteiger partial charge in [-0.25, -0.2) is 9.78 Å². The third-order valence-corrected chi connectivity index (χ3v) is 3.08. The van der Waals surface area contributed by atoms with Crippen LogP contribution in [0.2, 0.25) is 0 Å². The topological polar surface area (TPSA) is 79.3 Å². The van der Waals surface area contributed by atoms with Crippen molar-refractivity contribution in [2.24, 2.45) is 5.92 Å². The number of rotatable bonds is 5. The molecule has 0 bridgehead atoms. The summed E-state index contributed by atoms with van der Waals surface area (Å²) in [5.41, 5.74) is 0.679. The van der Waals surface area contributed by atoms with Gasteiger partial charge in [-0.1, -0.05) is 13.8 Å². The van der Waals surface area contributed by atoms with E-state index in [9.17, 15) is 9.59 Å². The van der Waals surface area contributed by atoms with E-state index in [0.717, 1.165) is 5.01 Å². The number of hydrogen-bond acceptors (Lipinski definition) is 4. The van der Waals surface area contributed by atoms with Gasteiger partial charge in [0.1, 0.15) is 6.04 Å². The molecule has 5 nitrogen and oxygen atoms in total. The third-order valence-electron chi connectivity index (χ3n) is 2.26. The lowest BCUT2D eigenvalue weighted by Gasteiger charge is -2.17. The van der Waals surface area contributed by atoms with E-state index in [1.54, 1.807) is 19.2 Å². The fourth-order valence-electron chi connectivity index (χ4n) is 1.39. The van der Waals surface area contributed by atoms with E-state index in [0.29, 0.717) is 5.69 Å². The number of thiazole rings is 1. The summed E-state index contributed by atoms with van der Waals surface area (Å²) in [6, 6.07) is -0.845. The van der Waals surface area contributed by atoms with Crippen LogP contribution in [0.1, 0.15) is 24.5 Å². The molecule has 1 amide bonds. The summed E-state index contributed by atoms with van der Waals surface area (Å²) < 4.78 is 0. The van der Waals surface area contributed by atoms with Crippen molar-refractivity contribution in [3.63, 3.8) is 0 Å². The second-order valence-corrected chi connectivity index (χ2v) is 5.22. The molecule has 0 saturated heterocycles. The van der Waals surface area contributed by atoms with Gasteiger partial charge in [0.15, 0.2) is 0 Å². The molecule has 0 aliphatic carbocycles. The maximum atomic E-state index is 11.6. The predicted octanol–water partition coefficient (Wildman–Crippen LogP) is 1.22. The standard InChI is InChI=1S/C11H16N2O3S/c1-6(2)10(11(15)16)13-9(14)4-8-5-17-7(3)12-8/h5-6,10H,4H2,1-3H3,(H,13,14)(H,15,16). The number of aryl methyl sites for hydroxylation is 1. The molecule has 17 heavy (non-hydrogen) atoms. The van der Waals surface area contributed by atoms with Gasteiger partial charge in [0, 0.05) is 5.38 Å². The number of carboxylic acid groups (broad SMARTS) is 1. The number of amides is 1. The number of nitrogens with one attached hydrogen (secondary N) is 1. The quantitative estimate of drug-likeness (QED) is 0.830. The molecule has 0 aliphatic rings. The van der Waals surface area contributed by atoms with Crippen molar-refractivity contribution in [3.05, 3.63) is 16.1 Å². The van der Waals surface area contributed by atoms with E-state index in [4.69, 9.17) is 5.11 Å². The highest BCUT2D eigenvalue weighted by Gasteiger charge is 2.23. The van der Waals surface area contributed by atoms with Crippen LogP contribution < -0.4 is 5.32 Å². The Morgan fingerprint density at radius 3 is 2.59 bits per heavy atom. The maximum absolute atomic E-state index is 11.6. The Labute approximate surface area is 104 Å². The van der Waals surface area contributed by atoms with Crippen LogP contribution in [0.3, 0.4) is 0 Å². The molecule has 1 rings (SSSR count). The van der Waals surface area contributed by atoms with Crippen molar-refractivity contribution >= 4 is 23.2 Å². The summed E-state index contributed by atoms with van der Waals surface area (Å²) in [7, 11) is 0. The lowest BCUT2D eigenvalue weighted by molar-refractivity contribution is -0.143. The minimum atomic E-state index is -1.01. The minimum Gasteiger partial charge on any atom is -0.480 e. The molecule has 1 unspecified atom stereocenters. The van der Waals surface area contributed by atoms with Crippen molar-refractivity contribution in [1.29, 1.82) is 0 Å². The first-order valence-corrected chi connectivity index (χ1v) is 6.21. The molecule has 94 valence electrons. The van der Waals surface area contributed by atoms with Crippen LogP contribution >= 0.6 is 11.3 Å². The van der Waals surface area contributed by atoms with E-state index >= 15 is 0 Å². The van der Waals surface area contributed by atoms with Crippen molar-refractivity contribution < 1.29 is 14.7 Å². The molecule has 2 N–H and O–H groups in total. The van der Waals surface area contributed by atoms with E-state index in [2.05, 4.69) is 10.3 Å². The second-order valence-electron chi connectivity index (χ2n) is 4.16. The number of carboxylic acids is 1. The highest BCUT2D eigenvalue weighted by molar-refractivity contribution is 7.09. The Hall–Kier alpha value is -1.43.